The van der Waals surface area contributed by atoms with Crippen molar-refractivity contribution in [3.8, 4) is 0 Å². The Bertz CT molecular complexity index is 479. The fourth-order valence-corrected chi connectivity index (χ4v) is 2.93. The van der Waals surface area contributed by atoms with E-state index in [9.17, 15) is 4.79 Å². The molecule has 5 heteroatoms. The van der Waals surface area contributed by atoms with E-state index in [-0.39, 0.29) is 12.5 Å². The zero-order valence-corrected chi connectivity index (χ0v) is 13.4. The van der Waals surface area contributed by atoms with Crippen LogP contribution in [0, 0.1) is 6.92 Å². The van der Waals surface area contributed by atoms with E-state index < -0.39 is 0 Å². The number of aliphatic hydroxyl groups is 1. The molecule has 1 aromatic carbocycles. The molecule has 0 aliphatic carbocycles. The molecule has 1 heterocycles. The third-order valence-electron chi connectivity index (χ3n) is 3.64. The Kier molecular flexibility index (Phi) is 5.57. The third kappa shape index (κ3) is 3.81. The van der Waals surface area contributed by atoms with Crippen molar-refractivity contribution in [1.29, 1.82) is 0 Å². The van der Waals surface area contributed by atoms with Crippen molar-refractivity contribution >= 4 is 21.8 Å². The van der Waals surface area contributed by atoms with Crippen molar-refractivity contribution in [2.45, 2.75) is 13.3 Å². The summed E-state index contributed by atoms with van der Waals surface area (Å²) in [5, 5.41) is 9.00. The van der Waals surface area contributed by atoms with Crippen molar-refractivity contribution < 1.29 is 9.90 Å². The molecule has 0 unspecified atom stereocenters. The molecular weight excluding hydrogens is 320 g/mol. The van der Waals surface area contributed by atoms with Crippen LogP contribution in [0.3, 0.4) is 0 Å². The number of carbonyl (C=O) groups is 1. The molecule has 1 fully saturated rings. The number of aryl methyl sites for hydroxylation is 1. The molecule has 1 aliphatic rings. The molecule has 0 aromatic heterocycles. The minimum Gasteiger partial charge on any atom is -0.395 e. The summed E-state index contributed by atoms with van der Waals surface area (Å²) in [5.41, 5.74) is 1.83. The second-order valence-corrected chi connectivity index (χ2v) is 6.05. The summed E-state index contributed by atoms with van der Waals surface area (Å²) in [7, 11) is 0. The largest absolute Gasteiger partial charge is 0.395 e. The van der Waals surface area contributed by atoms with Gasteiger partial charge in [0.25, 0.3) is 5.91 Å². The van der Waals surface area contributed by atoms with Gasteiger partial charge in [0, 0.05) is 30.7 Å². The number of β-amino-alcohol motifs (C(OH)–C–C–N with tert-alkyl or cyclic N) is 1. The molecule has 1 saturated heterocycles. The molecule has 0 spiro atoms. The summed E-state index contributed by atoms with van der Waals surface area (Å²) in [4.78, 5) is 16.7. The van der Waals surface area contributed by atoms with Crippen LogP contribution >= 0.6 is 15.9 Å². The number of hydrogen-bond donors (Lipinski definition) is 1. The molecule has 0 saturated carbocycles. The highest BCUT2D eigenvalue weighted by atomic mass is 79.9. The number of halogens is 1. The zero-order valence-electron chi connectivity index (χ0n) is 11.8. The van der Waals surface area contributed by atoms with Gasteiger partial charge in [-0.15, -0.1) is 0 Å². The van der Waals surface area contributed by atoms with Gasteiger partial charge in [-0.25, -0.2) is 0 Å². The lowest BCUT2D eigenvalue weighted by molar-refractivity contribution is 0.0759. The van der Waals surface area contributed by atoms with Crippen LogP contribution in [-0.2, 0) is 0 Å². The van der Waals surface area contributed by atoms with Gasteiger partial charge in [0.2, 0.25) is 0 Å². The second kappa shape index (κ2) is 7.20. The van der Waals surface area contributed by atoms with Crippen LogP contribution in [0.2, 0.25) is 0 Å². The SMILES string of the molecule is Cc1ccc(Br)c(C(=O)N2CCCN(CCO)CC2)c1. The predicted octanol–water partition coefficient (Wildman–Crippen LogP) is 1.90. The molecule has 1 amide bonds. The number of nitrogens with zero attached hydrogens (tertiary/aromatic N) is 2. The van der Waals surface area contributed by atoms with Gasteiger partial charge in [-0.2, -0.15) is 0 Å². The van der Waals surface area contributed by atoms with Crippen molar-refractivity contribution in [3.05, 3.63) is 33.8 Å². The maximum atomic E-state index is 12.6. The number of carbonyl (C=O) groups excluding carboxylic acids is 1. The van der Waals surface area contributed by atoms with E-state index in [1.807, 2.05) is 30.0 Å². The van der Waals surface area contributed by atoms with Crippen LogP contribution < -0.4 is 0 Å². The topological polar surface area (TPSA) is 43.8 Å². The Balaban J connectivity index is 2.07. The first-order chi connectivity index (χ1) is 9.61. The van der Waals surface area contributed by atoms with Crippen molar-refractivity contribution in [2.75, 3.05) is 39.3 Å². The molecule has 1 aliphatic heterocycles. The highest BCUT2D eigenvalue weighted by Gasteiger charge is 2.21. The Labute approximate surface area is 128 Å². The molecule has 20 heavy (non-hydrogen) atoms. The van der Waals surface area contributed by atoms with Crippen molar-refractivity contribution in [3.63, 3.8) is 0 Å². The highest BCUT2D eigenvalue weighted by Crippen LogP contribution is 2.20. The molecule has 2 rings (SSSR count). The zero-order chi connectivity index (χ0) is 14.5. The summed E-state index contributed by atoms with van der Waals surface area (Å²) >= 11 is 3.46. The Morgan fingerprint density at radius 3 is 2.85 bits per heavy atom. The van der Waals surface area contributed by atoms with E-state index >= 15 is 0 Å². The summed E-state index contributed by atoms with van der Waals surface area (Å²) in [5.74, 6) is 0.0893. The van der Waals surface area contributed by atoms with Gasteiger partial charge in [-0.3, -0.25) is 9.69 Å². The second-order valence-electron chi connectivity index (χ2n) is 5.19. The number of hydrogen-bond acceptors (Lipinski definition) is 3. The monoisotopic (exact) mass is 340 g/mol. The van der Waals surface area contributed by atoms with Crippen LogP contribution in [-0.4, -0.2) is 60.1 Å². The van der Waals surface area contributed by atoms with Crippen LogP contribution in [0.5, 0.6) is 0 Å². The third-order valence-corrected chi connectivity index (χ3v) is 4.34. The van der Waals surface area contributed by atoms with Gasteiger partial charge in [-0.1, -0.05) is 11.6 Å². The summed E-state index contributed by atoms with van der Waals surface area (Å²) < 4.78 is 0.851. The maximum Gasteiger partial charge on any atom is 0.255 e. The Morgan fingerprint density at radius 2 is 2.10 bits per heavy atom. The lowest BCUT2D eigenvalue weighted by Gasteiger charge is -2.22. The van der Waals surface area contributed by atoms with E-state index in [4.69, 9.17) is 5.11 Å². The van der Waals surface area contributed by atoms with E-state index in [0.29, 0.717) is 6.54 Å². The normalized spacial score (nSPS) is 17.1. The maximum absolute atomic E-state index is 12.6. The lowest BCUT2D eigenvalue weighted by atomic mass is 10.1. The van der Waals surface area contributed by atoms with E-state index in [1.165, 1.54) is 0 Å². The van der Waals surface area contributed by atoms with Gasteiger partial charge in [0.1, 0.15) is 0 Å². The van der Waals surface area contributed by atoms with Crippen LogP contribution in [0.1, 0.15) is 22.3 Å². The minimum atomic E-state index is 0.0893. The van der Waals surface area contributed by atoms with Gasteiger partial charge in [0.05, 0.1) is 12.2 Å². The van der Waals surface area contributed by atoms with Crippen LogP contribution in [0.25, 0.3) is 0 Å². The quantitative estimate of drug-likeness (QED) is 0.913. The molecule has 0 bridgehead atoms. The fourth-order valence-electron chi connectivity index (χ4n) is 2.51. The molecule has 4 nitrogen and oxygen atoms in total. The minimum absolute atomic E-state index is 0.0893. The van der Waals surface area contributed by atoms with Crippen molar-refractivity contribution in [1.82, 2.24) is 9.80 Å². The van der Waals surface area contributed by atoms with Gasteiger partial charge < -0.3 is 10.0 Å². The van der Waals surface area contributed by atoms with E-state index in [0.717, 1.165) is 48.2 Å². The number of benzene rings is 1. The standard InChI is InChI=1S/C15H21BrN2O2/c1-12-3-4-14(16)13(11-12)15(20)18-6-2-5-17(7-8-18)9-10-19/h3-4,11,19H,2,5-10H2,1H3. The average molecular weight is 341 g/mol. The van der Waals surface area contributed by atoms with Gasteiger partial charge in [-0.05, 0) is 48.0 Å². The first-order valence-corrected chi connectivity index (χ1v) is 7.80. The van der Waals surface area contributed by atoms with E-state index in [2.05, 4.69) is 20.8 Å². The van der Waals surface area contributed by atoms with Crippen LogP contribution in [0.15, 0.2) is 22.7 Å². The average Bonchev–Trinajstić information content (AvgIpc) is 2.67. The predicted molar refractivity (Wildman–Crippen MR) is 82.9 cm³/mol. The fraction of sp³-hybridized carbons (Fsp3) is 0.533. The Hall–Kier alpha value is -0.910. The van der Waals surface area contributed by atoms with E-state index in [1.54, 1.807) is 0 Å². The Morgan fingerprint density at radius 1 is 1.30 bits per heavy atom. The first-order valence-electron chi connectivity index (χ1n) is 7.00. The lowest BCUT2D eigenvalue weighted by Crippen LogP contribution is -2.36. The molecule has 0 atom stereocenters. The number of rotatable bonds is 3. The number of aliphatic hydroxyl groups excluding tert-OH is 1. The summed E-state index contributed by atoms with van der Waals surface area (Å²) in [6, 6.07) is 5.85. The van der Waals surface area contributed by atoms with Gasteiger partial charge in [0.15, 0.2) is 0 Å². The molecule has 0 radical (unpaired) electrons. The molecular formula is C15H21BrN2O2. The molecule has 1 aromatic rings. The van der Waals surface area contributed by atoms with Gasteiger partial charge >= 0.3 is 0 Å². The highest BCUT2D eigenvalue weighted by molar-refractivity contribution is 9.10. The van der Waals surface area contributed by atoms with Crippen molar-refractivity contribution in [2.24, 2.45) is 0 Å². The smallest absolute Gasteiger partial charge is 0.255 e. The molecule has 110 valence electrons. The molecule has 1 N–H and O–H groups in total. The summed E-state index contributed by atoms with van der Waals surface area (Å²) in [6.45, 7) is 6.14. The number of amides is 1. The summed E-state index contributed by atoms with van der Waals surface area (Å²) in [6.07, 6.45) is 0.954. The first kappa shape index (κ1) is 15.5. The van der Waals surface area contributed by atoms with Crippen LogP contribution in [0.4, 0.5) is 0 Å².